The number of carboxylic acid groups (broad SMARTS) is 2. The number of hydrogen-bond acceptors (Lipinski definition) is 8. The van der Waals surface area contributed by atoms with E-state index in [1.165, 1.54) is 90.6 Å². The SMILES string of the molecule is O=C(O)C(=O)O.c1ccc(-c2cnn(CCCN3CCCCCC3)n2)cc1.c1ccc(-c2cnn(CCCN3CCCCCC3)n2)cc1. The summed E-state index contributed by atoms with van der Waals surface area (Å²) in [5, 5.41) is 32.7. The predicted molar refractivity (Wildman–Crippen MR) is 185 cm³/mol. The third kappa shape index (κ3) is 13.4. The zero-order chi connectivity index (χ0) is 33.8. The lowest BCUT2D eigenvalue weighted by molar-refractivity contribution is -0.159. The van der Waals surface area contributed by atoms with Gasteiger partial charge in [-0.25, -0.2) is 9.59 Å². The molecule has 4 heterocycles. The van der Waals surface area contributed by atoms with Gasteiger partial charge in [0.1, 0.15) is 11.4 Å². The molecule has 12 heteroatoms. The summed E-state index contributed by atoms with van der Waals surface area (Å²) in [6.45, 7) is 9.21. The summed E-state index contributed by atoms with van der Waals surface area (Å²) in [7, 11) is 0. The Labute approximate surface area is 283 Å². The zero-order valence-electron chi connectivity index (χ0n) is 27.9. The average Bonchev–Trinajstić information content (AvgIpc) is 3.61. The van der Waals surface area contributed by atoms with Crippen molar-refractivity contribution in [3.63, 3.8) is 0 Å². The minimum atomic E-state index is -1.82. The highest BCUT2D eigenvalue weighted by molar-refractivity contribution is 6.27. The van der Waals surface area contributed by atoms with Gasteiger partial charge in [-0.15, -0.1) is 0 Å². The number of nitrogens with zero attached hydrogens (tertiary/aromatic N) is 8. The Morgan fingerprint density at radius 3 is 1.21 bits per heavy atom. The van der Waals surface area contributed by atoms with Crippen molar-refractivity contribution in [2.75, 3.05) is 39.3 Å². The van der Waals surface area contributed by atoms with Gasteiger partial charge in [-0.1, -0.05) is 86.3 Å². The van der Waals surface area contributed by atoms with E-state index in [1.54, 1.807) is 0 Å². The lowest BCUT2D eigenvalue weighted by Crippen LogP contribution is -2.26. The molecule has 0 saturated carbocycles. The molecule has 0 aliphatic carbocycles. The molecule has 12 nitrogen and oxygen atoms in total. The Morgan fingerprint density at radius 1 is 0.521 bits per heavy atom. The van der Waals surface area contributed by atoms with Crippen molar-refractivity contribution in [2.45, 2.75) is 77.3 Å². The van der Waals surface area contributed by atoms with E-state index in [2.05, 4.69) is 54.5 Å². The van der Waals surface area contributed by atoms with Gasteiger partial charge in [-0.3, -0.25) is 0 Å². The summed E-state index contributed by atoms with van der Waals surface area (Å²) in [6.07, 6.45) is 17.0. The quantitative estimate of drug-likeness (QED) is 0.208. The van der Waals surface area contributed by atoms with Gasteiger partial charge < -0.3 is 20.0 Å². The van der Waals surface area contributed by atoms with Gasteiger partial charge in [0.2, 0.25) is 0 Å². The maximum atomic E-state index is 9.10. The van der Waals surface area contributed by atoms with E-state index in [0.29, 0.717) is 0 Å². The number of carbonyl (C=O) groups is 2. The summed E-state index contributed by atoms with van der Waals surface area (Å²) in [4.78, 5) is 27.0. The molecule has 2 N–H and O–H groups in total. The Bertz CT molecular complexity index is 1350. The molecule has 6 rings (SSSR count). The van der Waals surface area contributed by atoms with Gasteiger partial charge in [-0.2, -0.15) is 30.0 Å². The van der Waals surface area contributed by atoms with E-state index in [9.17, 15) is 0 Å². The smallest absolute Gasteiger partial charge is 0.414 e. The molecule has 4 aromatic rings. The predicted octanol–water partition coefficient (Wildman–Crippen LogP) is 5.58. The second kappa shape index (κ2) is 20.7. The van der Waals surface area contributed by atoms with Gasteiger partial charge >= 0.3 is 11.9 Å². The summed E-state index contributed by atoms with van der Waals surface area (Å²) < 4.78 is 0. The molecule has 2 aliphatic heterocycles. The van der Waals surface area contributed by atoms with E-state index < -0.39 is 11.9 Å². The van der Waals surface area contributed by atoms with Crippen LogP contribution in [0.4, 0.5) is 0 Å². The summed E-state index contributed by atoms with van der Waals surface area (Å²) >= 11 is 0. The molecule has 258 valence electrons. The van der Waals surface area contributed by atoms with Crippen LogP contribution in [0.1, 0.15) is 64.2 Å². The van der Waals surface area contributed by atoms with Gasteiger partial charge in [0.25, 0.3) is 0 Å². The minimum absolute atomic E-state index is 0.906. The van der Waals surface area contributed by atoms with E-state index in [4.69, 9.17) is 19.8 Å². The Balaban J connectivity index is 0.000000186. The third-order valence-electron chi connectivity index (χ3n) is 8.46. The van der Waals surface area contributed by atoms with Crippen LogP contribution in [0.3, 0.4) is 0 Å². The maximum absolute atomic E-state index is 9.10. The normalized spacial score (nSPS) is 15.6. The fourth-order valence-electron chi connectivity index (χ4n) is 5.88. The van der Waals surface area contributed by atoms with Crippen LogP contribution in [0.15, 0.2) is 73.1 Å². The zero-order valence-corrected chi connectivity index (χ0v) is 27.9. The number of rotatable bonds is 10. The number of benzene rings is 2. The molecule has 2 aliphatic rings. The Hall–Kier alpha value is -4.42. The molecule has 0 spiro atoms. The van der Waals surface area contributed by atoms with Gasteiger partial charge in [0.15, 0.2) is 0 Å². The van der Waals surface area contributed by atoms with Crippen LogP contribution in [0.5, 0.6) is 0 Å². The van der Waals surface area contributed by atoms with Crippen molar-refractivity contribution in [3.05, 3.63) is 73.1 Å². The van der Waals surface area contributed by atoms with Gasteiger partial charge in [0, 0.05) is 11.1 Å². The molecule has 48 heavy (non-hydrogen) atoms. The average molecular weight is 659 g/mol. The molecule has 0 radical (unpaired) electrons. The summed E-state index contributed by atoms with van der Waals surface area (Å²) in [5.74, 6) is -3.65. The fraction of sp³-hybridized carbons (Fsp3) is 0.500. The lowest BCUT2D eigenvalue weighted by atomic mass is 10.2. The number of aryl methyl sites for hydroxylation is 2. The minimum Gasteiger partial charge on any atom is -0.473 e. The maximum Gasteiger partial charge on any atom is 0.414 e. The van der Waals surface area contributed by atoms with Crippen molar-refractivity contribution >= 4 is 11.9 Å². The van der Waals surface area contributed by atoms with E-state index >= 15 is 0 Å². The topological polar surface area (TPSA) is 142 Å². The molecule has 0 amide bonds. The van der Waals surface area contributed by atoms with Crippen LogP contribution >= 0.6 is 0 Å². The number of likely N-dealkylation sites (tertiary alicyclic amines) is 2. The number of hydrogen-bond donors (Lipinski definition) is 2. The fourth-order valence-corrected chi connectivity index (χ4v) is 5.88. The second-order valence-electron chi connectivity index (χ2n) is 12.2. The highest BCUT2D eigenvalue weighted by atomic mass is 16.4. The van der Waals surface area contributed by atoms with Crippen LogP contribution in [0.25, 0.3) is 22.5 Å². The van der Waals surface area contributed by atoms with Crippen LogP contribution in [0.2, 0.25) is 0 Å². The molecule has 0 atom stereocenters. The molecule has 0 bridgehead atoms. The molecule has 0 unspecified atom stereocenters. The van der Waals surface area contributed by atoms with Crippen LogP contribution in [-0.4, -0.2) is 101 Å². The first kappa shape index (κ1) is 36.4. The van der Waals surface area contributed by atoms with Crippen LogP contribution < -0.4 is 0 Å². The van der Waals surface area contributed by atoms with Gasteiger partial charge in [-0.05, 0) is 77.8 Å². The van der Waals surface area contributed by atoms with Gasteiger partial charge in [0.05, 0.1) is 25.5 Å². The van der Waals surface area contributed by atoms with E-state index in [-0.39, 0.29) is 0 Å². The summed E-state index contributed by atoms with van der Waals surface area (Å²) in [6, 6.07) is 20.5. The van der Waals surface area contributed by atoms with Crippen LogP contribution in [-0.2, 0) is 22.7 Å². The summed E-state index contributed by atoms with van der Waals surface area (Å²) in [5.41, 5.74) is 4.20. The van der Waals surface area contributed by atoms with Crippen molar-refractivity contribution < 1.29 is 19.8 Å². The highest BCUT2D eigenvalue weighted by Gasteiger charge is 2.11. The van der Waals surface area contributed by atoms with E-state index in [0.717, 1.165) is 48.4 Å². The number of carboxylic acids is 2. The molecular formula is C36H50N8O4. The lowest BCUT2D eigenvalue weighted by Gasteiger charge is -2.19. The molecule has 2 aromatic carbocycles. The highest BCUT2D eigenvalue weighted by Crippen LogP contribution is 2.16. The van der Waals surface area contributed by atoms with Crippen molar-refractivity contribution in [3.8, 4) is 22.5 Å². The van der Waals surface area contributed by atoms with Crippen LogP contribution in [0, 0.1) is 0 Å². The molecular weight excluding hydrogens is 608 g/mol. The number of aliphatic carboxylic acids is 2. The molecule has 2 aromatic heterocycles. The Morgan fingerprint density at radius 2 is 0.875 bits per heavy atom. The largest absolute Gasteiger partial charge is 0.473 e. The van der Waals surface area contributed by atoms with Crippen molar-refractivity contribution in [1.82, 2.24) is 39.8 Å². The van der Waals surface area contributed by atoms with Crippen molar-refractivity contribution in [2.24, 2.45) is 0 Å². The monoisotopic (exact) mass is 658 g/mol. The first-order valence-electron chi connectivity index (χ1n) is 17.3. The first-order valence-corrected chi connectivity index (χ1v) is 17.3. The van der Waals surface area contributed by atoms with Crippen molar-refractivity contribution in [1.29, 1.82) is 0 Å². The first-order chi connectivity index (χ1) is 23.5. The number of aromatic nitrogens is 6. The Kier molecular flexibility index (Phi) is 15.7. The standard InChI is InChI=1S/2C17H24N4.C2H2O4/c2*1-2-7-12-20(11-6-1)13-8-14-21-18-15-17(19-21)16-9-4-3-5-10-16;3-1(4)2(5)6/h2*3-5,9-10,15H,1-2,6-8,11-14H2;(H,3,4)(H,5,6). The second-order valence-corrected chi connectivity index (χ2v) is 12.2. The third-order valence-corrected chi connectivity index (χ3v) is 8.46. The molecule has 2 fully saturated rings. The van der Waals surface area contributed by atoms with E-state index in [1.807, 2.05) is 58.4 Å². The molecule has 2 saturated heterocycles.